The number of hydrogen-bond acceptors (Lipinski definition) is 2. The van der Waals surface area contributed by atoms with E-state index in [9.17, 15) is 4.79 Å². The highest BCUT2D eigenvalue weighted by Gasteiger charge is 2.20. The summed E-state index contributed by atoms with van der Waals surface area (Å²) in [6, 6.07) is 6.18. The maximum Gasteiger partial charge on any atom is 0.326 e. The van der Waals surface area contributed by atoms with E-state index in [-0.39, 0.29) is 5.69 Å². The second kappa shape index (κ2) is 5.44. The Kier molecular flexibility index (Phi) is 3.66. The topological polar surface area (TPSA) is 41.0 Å². The van der Waals surface area contributed by atoms with E-state index in [2.05, 4.69) is 35.9 Å². The van der Waals surface area contributed by atoms with Crippen molar-refractivity contribution < 1.29 is 0 Å². The van der Waals surface area contributed by atoms with E-state index in [1.54, 1.807) is 0 Å². The highest BCUT2D eigenvalue weighted by atomic mass is 16.1. The molecule has 1 aliphatic rings. The Morgan fingerprint density at radius 3 is 3.05 bits per heavy atom. The maximum absolute atomic E-state index is 12.2. The number of likely N-dealkylation sites (tertiary alicyclic amines) is 1. The average Bonchev–Trinajstić information content (AvgIpc) is 2.74. The molecule has 0 spiro atoms. The zero-order chi connectivity index (χ0) is 14.1. The molecule has 4 nitrogen and oxygen atoms in total. The smallest absolute Gasteiger partial charge is 0.306 e. The molecule has 1 aliphatic heterocycles. The van der Waals surface area contributed by atoms with Crippen LogP contribution in [0.1, 0.15) is 25.3 Å². The monoisotopic (exact) mass is 273 g/mol. The van der Waals surface area contributed by atoms with Gasteiger partial charge in [0.25, 0.3) is 0 Å². The van der Waals surface area contributed by atoms with Gasteiger partial charge in [0.05, 0.1) is 11.0 Å². The van der Waals surface area contributed by atoms with Gasteiger partial charge in [-0.3, -0.25) is 4.57 Å². The van der Waals surface area contributed by atoms with Crippen LogP contribution in [0.4, 0.5) is 0 Å². The van der Waals surface area contributed by atoms with Gasteiger partial charge >= 0.3 is 5.69 Å². The highest BCUT2D eigenvalue weighted by molar-refractivity contribution is 5.75. The molecule has 2 aromatic rings. The molecule has 1 aromatic heterocycles. The molecule has 20 heavy (non-hydrogen) atoms. The third-order valence-corrected chi connectivity index (χ3v) is 4.42. The van der Waals surface area contributed by atoms with Crippen molar-refractivity contribution in [1.29, 1.82) is 0 Å². The summed E-state index contributed by atoms with van der Waals surface area (Å²) in [5.74, 6) is 0.585. The maximum atomic E-state index is 12.2. The largest absolute Gasteiger partial charge is 0.326 e. The van der Waals surface area contributed by atoms with E-state index in [4.69, 9.17) is 0 Å². The first kappa shape index (κ1) is 13.4. The molecule has 0 radical (unpaired) electrons. The lowest BCUT2D eigenvalue weighted by Gasteiger charge is -2.31. The molecule has 108 valence electrons. The Bertz CT molecular complexity index is 655. The Morgan fingerprint density at radius 1 is 1.40 bits per heavy atom. The molecule has 1 unspecified atom stereocenters. The number of aromatic amines is 1. The predicted molar refractivity (Wildman–Crippen MR) is 82.1 cm³/mol. The van der Waals surface area contributed by atoms with E-state index in [0.29, 0.717) is 5.92 Å². The van der Waals surface area contributed by atoms with Crippen LogP contribution >= 0.6 is 0 Å². The van der Waals surface area contributed by atoms with Crippen LogP contribution in [0.3, 0.4) is 0 Å². The number of nitrogens with zero attached hydrogens (tertiary/aromatic N) is 2. The minimum atomic E-state index is 0.0271. The first-order chi connectivity index (χ1) is 9.67. The minimum Gasteiger partial charge on any atom is -0.306 e. The van der Waals surface area contributed by atoms with Gasteiger partial charge in [-0.25, -0.2) is 4.79 Å². The fourth-order valence-electron chi connectivity index (χ4n) is 3.30. The lowest BCUT2D eigenvalue weighted by atomic mass is 9.98. The number of H-pyrrole nitrogens is 1. The molecule has 3 rings (SSSR count). The lowest BCUT2D eigenvalue weighted by Crippen LogP contribution is -2.37. The number of aromatic nitrogens is 2. The van der Waals surface area contributed by atoms with Gasteiger partial charge < -0.3 is 9.88 Å². The zero-order valence-electron chi connectivity index (χ0n) is 12.4. The zero-order valence-corrected chi connectivity index (χ0v) is 12.4. The number of benzene rings is 1. The van der Waals surface area contributed by atoms with Crippen LogP contribution in [0.15, 0.2) is 23.0 Å². The van der Waals surface area contributed by atoms with Gasteiger partial charge in [-0.05, 0) is 56.5 Å². The van der Waals surface area contributed by atoms with E-state index in [1.165, 1.54) is 24.9 Å². The molecular weight excluding hydrogens is 250 g/mol. The van der Waals surface area contributed by atoms with E-state index in [1.807, 2.05) is 10.6 Å². The summed E-state index contributed by atoms with van der Waals surface area (Å²) in [6.07, 6.45) is 2.47. The van der Waals surface area contributed by atoms with E-state index < -0.39 is 0 Å². The summed E-state index contributed by atoms with van der Waals surface area (Å²) < 4.78 is 1.92. The van der Waals surface area contributed by atoms with Crippen LogP contribution < -0.4 is 5.69 Å². The Morgan fingerprint density at radius 2 is 2.25 bits per heavy atom. The third-order valence-electron chi connectivity index (χ3n) is 4.42. The molecule has 4 heteroatoms. The molecule has 1 atom stereocenters. The predicted octanol–water partition coefficient (Wildman–Crippen LogP) is 2.37. The van der Waals surface area contributed by atoms with Crippen molar-refractivity contribution in [1.82, 2.24) is 14.5 Å². The van der Waals surface area contributed by atoms with E-state index in [0.717, 1.165) is 30.7 Å². The van der Waals surface area contributed by atoms with Crippen molar-refractivity contribution >= 4 is 11.0 Å². The highest BCUT2D eigenvalue weighted by Crippen LogP contribution is 2.20. The van der Waals surface area contributed by atoms with Gasteiger partial charge in [0.2, 0.25) is 0 Å². The number of piperidine rings is 1. The number of imidazole rings is 1. The van der Waals surface area contributed by atoms with Crippen LogP contribution in [0, 0.1) is 12.8 Å². The molecule has 0 saturated carbocycles. The summed E-state index contributed by atoms with van der Waals surface area (Å²) in [5, 5.41) is 0. The summed E-state index contributed by atoms with van der Waals surface area (Å²) in [6.45, 7) is 8.52. The molecule has 0 bridgehead atoms. The molecule has 2 heterocycles. The van der Waals surface area contributed by atoms with Gasteiger partial charge in [0, 0.05) is 13.1 Å². The summed E-state index contributed by atoms with van der Waals surface area (Å²) in [4.78, 5) is 17.6. The van der Waals surface area contributed by atoms with Crippen molar-refractivity contribution in [3.63, 3.8) is 0 Å². The lowest BCUT2D eigenvalue weighted by molar-refractivity contribution is 0.170. The Balaban J connectivity index is 1.87. The van der Waals surface area contributed by atoms with Crippen molar-refractivity contribution in [3.8, 4) is 0 Å². The first-order valence-electron chi connectivity index (χ1n) is 7.59. The SMILES string of the molecule is CCN1CCCC(Cn2c(=O)[nH]c3cc(C)ccc32)C1. The van der Waals surface area contributed by atoms with Gasteiger partial charge in [-0.15, -0.1) is 0 Å². The van der Waals surface area contributed by atoms with Crippen LogP contribution in [0.2, 0.25) is 0 Å². The van der Waals surface area contributed by atoms with Crippen LogP contribution in [0.25, 0.3) is 11.0 Å². The van der Waals surface area contributed by atoms with Crippen molar-refractivity contribution in [2.45, 2.75) is 33.2 Å². The van der Waals surface area contributed by atoms with Crippen LogP contribution in [-0.2, 0) is 6.54 Å². The second-order valence-corrected chi connectivity index (χ2v) is 5.96. The minimum absolute atomic E-state index is 0.0271. The molecule has 1 saturated heterocycles. The van der Waals surface area contributed by atoms with Gasteiger partial charge in [0.1, 0.15) is 0 Å². The van der Waals surface area contributed by atoms with Crippen LogP contribution in [-0.4, -0.2) is 34.1 Å². The second-order valence-electron chi connectivity index (χ2n) is 5.96. The summed E-state index contributed by atoms with van der Waals surface area (Å²) in [5.41, 5.74) is 3.20. The molecular formula is C16H23N3O. The normalized spacial score (nSPS) is 20.6. The van der Waals surface area contributed by atoms with E-state index >= 15 is 0 Å². The van der Waals surface area contributed by atoms with Crippen molar-refractivity contribution in [3.05, 3.63) is 34.2 Å². The molecule has 1 fully saturated rings. The van der Waals surface area contributed by atoms with Gasteiger partial charge in [-0.2, -0.15) is 0 Å². The number of nitrogens with one attached hydrogen (secondary N) is 1. The molecule has 1 aromatic carbocycles. The fourth-order valence-corrected chi connectivity index (χ4v) is 3.30. The quantitative estimate of drug-likeness (QED) is 0.932. The number of aryl methyl sites for hydroxylation is 1. The summed E-state index contributed by atoms with van der Waals surface area (Å²) in [7, 11) is 0. The van der Waals surface area contributed by atoms with Crippen LogP contribution in [0.5, 0.6) is 0 Å². The fraction of sp³-hybridized carbons (Fsp3) is 0.562. The van der Waals surface area contributed by atoms with Gasteiger partial charge in [0.15, 0.2) is 0 Å². The number of rotatable bonds is 3. The first-order valence-corrected chi connectivity index (χ1v) is 7.59. The standard InChI is InChI=1S/C16H23N3O/c1-3-18-8-4-5-13(10-18)11-19-15-7-6-12(2)9-14(15)17-16(19)20/h6-7,9,13H,3-5,8,10-11H2,1-2H3,(H,17,20). The molecule has 1 N–H and O–H groups in total. The van der Waals surface area contributed by atoms with Gasteiger partial charge in [-0.1, -0.05) is 13.0 Å². The number of hydrogen-bond donors (Lipinski definition) is 1. The third kappa shape index (κ3) is 2.52. The molecule has 0 aliphatic carbocycles. The Labute approximate surface area is 119 Å². The van der Waals surface area contributed by atoms with Crippen molar-refractivity contribution in [2.24, 2.45) is 5.92 Å². The number of fused-ring (bicyclic) bond motifs is 1. The molecule has 0 amide bonds. The Hall–Kier alpha value is -1.55. The average molecular weight is 273 g/mol. The summed E-state index contributed by atoms with van der Waals surface area (Å²) >= 11 is 0. The van der Waals surface area contributed by atoms with Crippen molar-refractivity contribution in [2.75, 3.05) is 19.6 Å².